The van der Waals surface area contributed by atoms with Gasteiger partial charge < -0.3 is 10.5 Å². The highest BCUT2D eigenvalue weighted by molar-refractivity contribution is 9.10. The van der Waals surface area contributed by atoms with E-state index in [1.165, 1.54) is 12.1 Å². The third-order valence-electron chi connectivity index (χ3n) is 2.56. The average molecular weight is 340 g/mol. The zero-order valence-corrected chi connectivity index (χ0v) is 12.3. The lowest BCUT2D eigenvalue weighted by Crippen LogP contribution is -2.13. The van der Waals surface area contributed by atoms with E-state index in [1.807, 2.05) is 24.3 Å². The third-order valence-corrected chi connectivity index (χ3v) is 3.43. The van der Waals surface area contributed by atoms with E-state index in [1.54, 1.807) is 6.07 Å². The normalized spacial score (nSPS) is 10.2. The van der Waals surface area contributed by atoms with Crippen molar-refractivity contribution in [3.63, 3.8) is 0 Å². The molecule has 2 rings (SSSR count). The first-order valence-corrected chi connectivity index (χ1v) is 6.73. The second kappa shape index (κ2) is 6.12. The standard InChI is InChI=1S/C14H11BrFNOS/c15-12-6-5-10(16)7-13(12)18-8-9-3-1-2-4-11(9)14(17)19/h1-7H,8H2,(H2,17,19). The minimum Gasteiger partial charge on any atom is -0.488 e. The largest absolute Gasteiger partial charge is 0.488 e. The van der Waals surface area contributed by atoms with Gasteiger partial charge in [0, 0.05) is 11.6 Å². The van der Waals surface area contributed by atoms with Gasteiger partial charge in [-0.1, -0.05) is 36.5 Å². The van der Waals surface area contributed by atoms with Gasteiger partial charge in [-0.25, -0.2) is 4.39 Å². The molecule has 2 nitrogen and oxygen atoms in total. The van der Waals surface area contributed by atoms with E-state index in [4.69, 9.17) is 22.7 Å². The van der Waals surface area contributed by atoms with Gasteiger partial charge in [-0.15, -0.1) is 0 Å². The SMILES string of the molecule is NC(=S)c1ccccc1COc1cc(F)ccc1Br. The quantitative estimate of drug-likeness (QED) is 0.860. The summed E-state index contributed by atoms with van der Waals surface area (Å²) in [5.74, 6) is 0.0959. The molecule has 0 aliphatic rings. The molecule has 0 aliphatic carbocycles. The van der Waals surface area contributed by atoms with Crippen LogP contribution >= 0.6 is 28.1 Å². The molecule has 19 heavy (non-hydrogen) atoms. The fourth-order valence-corrected chi connectivity index (χ4v) is 2.19. The minimum absolute atomic E-state index is 0.273. The molecule has 0 heterocycles. The lowest BCUT2D eigenvalue weighted by atomic mass is 10.1. The van der Waals surface area contributed by atoms with Gasteiger partial charge in [0.25, 0.3) is 0 Å². The Bertz CT molecular complexity index is 618. The van der Waals surface area contributed by atoms with Gasteiger partial charge in [0.05, 0.1) is 4.47 Å². The van der Waals surface area contributed by atoms with Crippen molar-refractivity contribution in [2.75, 3.05) is 0 Å². The molecule has 2 N–H and O–H groups in total. The van der Waals surface area contributed by atoms with Crippen LogP contribution in [-0.4, -0.2) is 4.99 Å². The molecule has 5 heteroatoms. The summed E-state index contributed by atoms with van der Waals surface area (Å²) in [4.78, 5) is 0.317. The van der Waals surface area contributed by atoms with Crippen LogP contribution in [0.2, 0.25) is 0 Å². The van der Waals surface area contributed by atoms with Crippen molar-refractivity contribution in [2.45, 2.75) is 6.61 Å². The first-order valence-electron chi connectivity index (χ1n) is 5.53. The summed E-state index contributed by atoms with van der Waals surface area (Å²) in [6.07, 6.45) is 0. The molecule has 0 fully saturated rings. The van der Waals surface area contributed by atoms with Crippen LogP contribution in [0.5, 0.6) is 5.75 Å². The zero-order valence-electron chi connectivity index (χ0n) is 9.90. The first kappa shape index (κ1) is 14.0. The Morgan fingerprint density at radius 1 is 1.26 bits per heavy atom. The highest BCUT2D eigenvalue weighted by atomic mass is 79.9. The van der Waals surface area contributed by atoms with Crippen molar-refractivity contribution < 1.29 is 9.13 Å². The van der Waals surface area contributed by atoms with Crippen molar-refractivity contribution in [1.82, 2.24) is 0 Å². The number of hydrogen-bond donors (Lipinski definition) is 1. The molecular weight excluding hydrogens is 329 g/mol. The fourth-order valence-electron chi connectivity index (χ4n) is 1.63. The van der Waals surface area contributed by atoms with Crippen LogP contribution in [0.15, 0.2) is 46.9 Å². The monoisotopic (exact) mass is 339 g/mol. The van der Waals surface area contributed by atoms with E-state index in [-0.39, 0.29) is 12.4 Å². The molecule has 0 radical (unpaired) electrons. The van der Waals surface area contributed by atoms with E-state index < -0.39 is 0 Å². The first-order chi connectivity index (χ1) is 9.08. The molecule has 0 spiro atoms. The molecule has 0 saturated carbocycles. The van der Waals surface area contributed by atoms with E-state index in [9.17, 15) is 4.39 Å². The van der Waals surface area contributed by atoms with E-state index in [2.05, 4.69) is 15.9 Å². The summed E-state index contributed by atoms with van der Waals surface area (Å²) in [5.41, 5.74) is 7.28. The number of nitrogens with two attached hydrogens (primary N) is 1. The molecule has 0 aliphatic heterocycles. The topological polar surface area (TPSA) is 35.2 Å². The van der Waals surface area contributed by atoms with Crippen LogP contribution in [0.4, 0.5) is 4.39 Å². The van der Waals surface area contributed by atoms with Crippen molar-refractivity contribution >= 4 is 33.1 Å². The van der Waals surface area contributed by atoms with Crippen molar-refractivity contribution in [3.05, 3.63) is 63.9 Å². The maximum atomic E-state index is 13.1. The fraction of sp³-hybridized carbons (Fsp3) is 0.0714. The second-order valence-corrected chi connectivity index (χ2v) is 5.18. The minimum atomic E-state index is -0.346. The maximum Gasteiger partial charge on any atom is 0.136 e. The van der Waals surface area contributed by atoms with E-state index in [0.717, 1.165) is 11.1 Å². The Balaban J connectivity index is 2.19. The predicted molar refractivity (Wildman–Crippen MR) is 80.8 cm³/mol. The summed E-state index contributed by atoms with van der Waals surface area (Å²) in [7, 11) is 0. The van der Waals surface area contributed by atoms with Crippen molar-refractivity contribution in [1.29, 1.82) is 0 Å². The molecule has 2 aromatic carbocycles. The number of ether oxygens (including phenoxy) is 1. The number of thiocarbonyl (C=S) groups is 1. The maximum absolute atomic E-state index is 13.1. The summed E-state index contributed by atoms with van der Waals surface area (Å²) >= 11 is 8.29. The molecule has 2 aromatic rings. The van der Waals surface area contributed by atoms with Gasteiger partial charge in [0.2, 0.25) is 0 Å². The Hall–Kier alpha value is -1.46. The van der Waals surface area contributed by atoms with Crippen LogP contribution < -0.4 is 10.5 Å². The molecule has 0 unspecified atom stereocenters. The number of hydrogen-bond acceptors (Lipinski definition) is 2. The van der Waals surface area contributed by atoms with E-state index in [0.29, 0.717) is 15.2 Å². The Labute approximate surface area is 124 Å². The van der Waals surface area contributed by atoms with Crippen molar-refractivity contribution in [2.24, 2.45) is 5.73 Å². The summed E-state index contributed by atoms with van der Waals surface area (Å²) < 4.78 is 19.4. The van der Waals surface area contributed by atoms with Gasteiger partial charge in [-0.2, -0.15) is 0 Å². The molecule has 0 saturated heterocycles. The van der Waals surface area contributed by atoms with Gasteiger partial charge in [0.15, 0.2) is 0 Å². The van der Waals surface area contributed by atoms with E-state index >= 15 is 0 Å². The smallest absolute Gasteiger partial charge is 0.136 e. The van der Waals surface area contributed by atoms with Gasteiger partial charge in [-0.05, 0) is 33.6 Å². The highest BCUT2D eigenvalue weighted by Gasteiger charge is 2.07. The van der Waals surface area contributed by atoms with Gasteiger partial charge >= 0.3 is 0 Å². The third kappa shape index (κ3) is 3.52. The molecule has 0 aromatic heterocycles. The van der Waals surface area contributed by atoms with Crippen LogP contribution in [0.1, 0.15) is 11.1 Å². The highest BCUT2D eigenvalue weighted by Crippen LogP contribution is 2.26. The Morgan fingerprint density at radius 2 is 2.00 bits per heavy atom. The summed E-state index contributed by atoms with van der Waals surface area (Å²) in [6.45, 7) is 0.273. The van der Waals surface area contributed by atoms with Gasteiger partial charge in [0.1, 0.15) is 23.2 Å². The zero-order chi connectivity index (χ0) is 13.8. The lowest BCUT2D eigenvalue weighted by Gasteiger charge is -2.11. The lowest BCUT2D eigenvalue weighted by molar-refractivity contribution is 0.302. The molecular formula is C14H11BrFNOS. The summed E-state index contributed by atoms with van der Waals surface area (Å²) in [5, 5.41) is 0. The number of benzene rings is 2. The predicted octanol–water partition coefficient (Wildman–Crippen LogP) is 3.80. The summed E-state index contributed by atoms with van der Waals surface area (Å²) in [6, 6.07) is 11.7. The van der Waals surface area contributed by atoms with Crippen LogP contribution in [-0.2, 0) is 6.61 Å². The number of rotatable bonds is 4. The van der Waals surface area contributed by atoms with Gasteiger partial charge in [-0.3, -0.25) is 0 Å². The Morgan fingerprint density at radius 3 is 2.74 bits per heavy atom. The molecule has 0 amide bonds. The van der Waals surface area contributed by atoms with Crippen LogP contribution in [0.25, 0.3) is 0 Å². The van der Waals surface area contributed by atoms with Crippen molar-refractivity contribution in [3.8, 4) is 5.75 Å². The molecule has 0 atom stereocenters. The molecule has 98 valence electrons. The molecule has 0 bridgehead atoms. The second-order valence-electron chi connectivity index (χ2n) is 3.88. The number of halogens is 2. The van der Waals surface area contributed by atoms with Crippen LogP contribution in [0, 0.1) is 5.82 Å². The Kier molecular flexibility index (Phi) is 4.50. The average Bonchev–Trinajstić information content (AvgIpc) is 2.40. The van der Waals surface area contributed by atoms with Crippen LogP contribution in [0.3, 0.4) is 0 Å².